The van der Waals surface area contributed by atoms with Gasteiger partial charge < -0.3 is 9.64 Å². The average molecular weight is 339 g/mol. The summed E-state index contributed by atoms with van der Waals surface area (Å²) in [5.41, 5.74) is 0.549. The molecule has 2 aliphatic rings. The summed E-state index contributed by atoms with van der Waals surface area (Å²) >= 11 is 0. The topological polar surface area (TPSA) is 81.5 Å². The van der Waals surface area contributed by atoms with Gasteiger partial charge in [-0.15, -0.1) is 0 Å². The lowest BCUT2D eigenvalue weighted by Crippen LogP contribution is -2.49. The van der Waals surface area contributed by atoms with Crippen LogP contribution in [0.2, 0.25) is 0 Å². The van der Waals surface area contributed by atoms with E-state index in [-0.39, 0.29) is 23.1 Å². The maximum atomic E-state index is 12.8. The Morgan fingerprint density at radius 2 is 2.00 bits per heavy atom. The summed E-state index contributed by atoms with van der Waals surface area (Å²) in [6.07, 6.45) is 1.40. The molecular formula is C18H17N3O4. The van der Waals surface area contributed by atoms with Crippen LogP contribution in [-0.2, 0) is 17.4 Å². The number of esters is 1. The van der Waals surface area contributed by atoms with Crippen molar-refractivity contribution in [3.63, 3.8) is 0 Å². The Bertz CT molecular complexity index is 936. The summed E-state index contributed by atoms with van der Waals surface area (Å²) in [7, 11) is 1.51. The number of likely N-dealkylation sites (tertiary alicyclic amines) is 1. The predicted octanol–water partition coefficient (Wildman–Crippen LogP) is 1.08. The molecule has 4 rings (SSSR count). The van der Waals surface area contributed by atoms with E-state index < -0.39 is 5.60 Å². The Morgan fingerprint density at radius 1 is 1.20 bits per heavy atom. The molecule has 1 amide bonds. The van der Waals surface area contributed by atoms with E-state index in [1.165, 1.54) is 19.2 Å². The minimum absolute atomic E-state index is 0.205. The Labute approximate surface area is 143 Å². The minimum Gasteiger partial charge on any atom is -0.449 e. The average Bonchev–Trinajstić information content (AvgIpc) is 2.89. The summed E-state index contributed by atoms with van der Waals surface area (Å²) in [5.74, 6) is -0.611. The van der Waals surface area contributed by atoms with Crippen LogP contribution in [0, 0.1) is 0 Å². The summed E-state index contributed by atoms with van der Waals surface area (Å²) in [5, 5.41) is 4.03. The molecule has 2 aromatic rings. The van der Waals surface area contributed by atoms with E-state index >= 15 is 0 Å². The molecule has 0 radical (unpaired) electrons. The highest BCUT2D eigenvalue weighted by molar-refractivity contribution is 5.95. The van der Waals surface area contributed by atoms with Gasteiger partial charge in [-0.2, -0.15) is 5.10 Å². The summed E-state index contributed by atoms with van der Waals surface area (Å²) in [6, 6.07) is 10.1. The second-order valence-electron chi connectivity index (χ2n) is 6.44. The molecule has 1 fully saturated rings. The molecule has 0 N–H and O–H groups in total. The Balaban J connectivity index is 1.66. The standard InChI is InChI=1S/C18H17N3O4/c1-20-15(22)8-7-14(19-20)16(23)21-10-4-9-18(11-21)13-6-3-2-5-12(13)17(24)25-18/h2-3,5-8H,4,9-11H2,1H3/t18-/m0/s1. The lowest BCUT2D eigenvalue weighted by atomic mass is 9.85. The van der Waals surface area contributed by atoms with Crippen LogP contribution in [0.4, 0.5) is 0 Å². The molecule has 0 unspecified atom stereocenters. The number of hydrogen-bond donors (Lipinski definition) is 0. The molecule has 0 aliphatic carbocycles. The molecule has 7 heteroatoms. The van der Waals surface area contributed by atoms with Gasteiger partial charge in [0, 0.05) is 25.2 Å². The van der Waals surface area contributed by atoms with E-state index in [2.05, 4.69) is 5.10 Å². The first-order valence-corrected chi connectivity index (χ1v) is 8.17. The van der Waals surface area contributed by atoms with Crippen molar-refractivity contribution in [2.24, 2.45) is 7.05 Å². The number of carbonyl (C=O) groups excluding carboxylic acids is 2. The second kappa shape index (κ2) is 5.54. The largest absolute Gasteiger partial charge is 0.449 e. The fraction of sp³-hybridized carbons (Fsp3) is 0.333. The van der Waals surface area contributed by atoms with Gasteiger partial charge in [-0.1, -0.05) is 18.2 Å². The lowest BCUT2D eigenvalue weighted by Gasteiger charge is -2.39. The van der Waals surface area contributed by atoms with Gasteiger partial charge >= 0.3 is 5.97 Å². The number of hydrogen-bond acceptors (Lipinski definition) is 5. The summed E-state index contributed by atoms with van der Waals surface area (Å²) in [6.45, 7) is 0.851. The van der Waals surface area contributed by atoms with Crippen LogP contribution in [-0.4, -0.2) is 39.6 Å². The monoisotopic (exact) mass is 339 g/mol. The lowest BCUT2D eigenvalue weighted by molar-refractivity contribution is -0.0443. The second-order valence-corrected chi connectivity index (χ2v) is 6.44. The molecule has 1 saturated heterocycles. The Morgan fingerprint density at radius 3 is 2.80 bits per heavy atom. The smallest absolute Gasteiger partial charge is 0.339 e. The van der Waals surface area contributed by atoms with Crippen LogP contribution in [0.15, 0.2) is 41.2 Å². The number of fused-ring (bicyclic) bond motifs is 2. The van der Waals surface area contributed by atoms with E-state index in [1.807, 2.05) is 12.1 Å². The maximum absolute atomic E-state index is 12.8. The van der Waals surface area contributed by atoms with Gasteiger partial charge in [0.25, 0.3) is 11.5 Å². The van der Waals surface area contributed by atoms with E-state index in [9.17, 15) is 14.4 Å². The van der Waals surface area contributed by atoms with E-state index in [4.69, 9.17) is 4.74 Å². The number of ether oxygens (including phenoxy) is 1. The molecule has 1 spiro atoms. The van der Waals surface area contributed by atoms with Crippen LogP contribution >= 0.6 is 0 Å². The first-order valence-electron chi connectivity index (χ1n) is 8.17. The first-order chi connectivity index (χ1) is 12.0. The third-order valence-corrected chi connectivity index (χ3v) is 4.85. The van der Waals surface area contributed by atoms with Crippen LogP contribution in [0.3, 0.4) is 0 Å². The number of amides is 1. The maximum Gasteiger partial charge on any atom is 0.339 e. The van der Waals surface area contributed by atoms with E-state index in [0.717, 1.165) is 16.7 Å². The molecule has 25 heavy (non-hydrogen) atoms. The third kappa shape index (κ3) is 2.43. The third-order valence-electron chi connectivity index (χ3n) is 4.85. The molecule has 128 valence electrons. The first kappa shape index (κ1) is 15.6. The molecule has 7 nitrogen and oxygen atoms in total. The normalized spacial score (nSPS) is 22.0. The van der Waals surface area contributed by atoms with Crippen LogP contribution in [0.5, 0.6) is 0 Å². The number of aryl methyl sites for hydroxylation is 1. The fourth-order valence-corrected chi connectivity index (χ4v) is 3.62. The van der Waals surface area contributed by atoms with Gasteiger partial charge in [-0.05, 0) is 25.0 Å². The molecule has 2 aliphatic heterocycles. The molecule has 0 saturated carbocycles. The van der Waals surface area contributed by atoms with Crippen molar-refractivity contribution < 1.29 is 14.3 Å². The van der Waals surface area contributed by atoms with Gasteiger partial charge in [0.15, 0.2) is 5.60 Å². The fourth-order valence-electron chi connectivity index (χ4n) is 3.62. The molecular weight excluding hydrogens is 322 g/mol. The number of rotatable bonds is 1. The quantitative estimate of drug-likeness (QED) is 0.726. The zero-order chi connectivity index (χ0) is 17.6. The number of benzene rings is 1. The molecule has 0 bridgehead atoms. The number of aromatic nitrogens is 2. The van der Waals surface area contributed by atoms with Crippen molar-refractivity contribution in [2.75, 3.05) is 13.1 Å². The van der Waals surface area contributed by atoms with E-state index in [1.54, 1.807) is 17.0 Å². The van der Waals surface area contributed by atoms with Gasteiger partial charge in [-0.25, -0.2) is 9.48 Å². The number of carbonyl (C=O) groups is 2. The minimum atomic E-state index is -0.789. The van der Waals surface area contributed by atoms with Crippen LogP contribution in [0.25, 0.3) is 0 Å². The molecule has 1 aromatic heterocycles. The highest BCUT2D eigenvalue weighted by Crippen LogP contribution is 2.42. The highest BCUT2D eigenvalue weighted by atomic mass is 16.6. The van der Waals surface area contributed by atoms with Crippen molar-refractivity contribution in [3.8, 4) is 0 Å². The van der Waals surface area contributed by atoms with Gasteiger partial charge in [0.2, 0.25) is 0 Å². The van der Waals surface area contributed by atoms with Crippen molar-refractivity contribution in [3.05, 3.63) is 63.6 Å². The van der Waals surface area contributed by atoms with Gasteiger partial charge in [-0.3, -0.25) is 9.59 Å². The SMILES string of the molecule is Cn1nc(C(=O)N2CCC[C@@]3(C2)OC(=O)c2ccccc23)ccc1=O. The number of piperidine rings is 1. The molecule has 1 aromatic carbocycles. The van der Waals surface area contributed by atoms with Crippen LogP contribution < -0.4 is 5.56 Å². The Hall–Kier alpha value is -2.96. The van der Waals surface area contributed by atoms with Crippen LogP contribution in [0.1, 0.15) is 39.3 Å². The predicted molar refractivity (Wildman–Crippen MR) is 88.2 cm³/mol. The van der Waals surface area contributed by atoms with Crippen molar-refractivity contribution in [1.82, 2.24) is 14.7 Å². The van der Waals surface area contributed by atoms with Gasteiger partial charge in [0.1, 0.15) is 5.69 Å². The zero-order valence-corrected chi connectivity index (χ0v) is 13.8. The summed E-state index contributed by atoms with van der Waals surface area (Å²) in [4.78, 5) is 38.1. The van der Waals surface area contributed by atoms with E-state index in [0.29, 0.717) is 25.1 Å². The Kier molecular flexibility index (Phi) is 3.45. The van der Waals surface area contributed by atoms with Crippen molar-refractivity contribution in [1.29, 1.82) is 0 Å². The van der Waals surface area contributed by atoms with Crippen molar-refractivity contribution in [2.45, 2.75) is 18.4 Å². The highest BCUT2D eigenvalue weighted by Gasteiger charge is 2.48. The molecule has 1 atom stereocenters. The molecule has 3 heterocycles. The van der Waals surface area contributed by atoms with Crippen molar-refractivity contribution >= 4 is 11.9 Å². The zero-order valence-electron chi connectivity index (χ0n) is 13.8. The van der Waals surface area contributed by atoms with Gasteiger partial charge in [0.05, 0.1) is 12.1 Å². The number of nitrogens with zero attached hydrogens (tertiary/aromatic N) is 3. The summed E-state index contributed by atoms with van der Waals surface area (Å²) < 4.78 is 6.85.